The van der Waals surface area contributed by atoms with Crippen LogP contribution in [0.25, 0.3) is 21.3 Å². The summed E-state index contributed by atoms with van der Waals surface area (Å²) >= 11 is 15.0. The summed E-state index contributed by atoms with van der Waals surface area (Å²) in [6.45, 7) is 2.02. The lowest BCUT2D eigenvalue weighted by molar-refractivity contribution is 0.980. The van der Waals surface area contributed by atoms with Gasteiger partial charge in [0.25, 0.3) is 5.56 Å². The van der Waals surface area contributed by atoms with E-state index in [4.69, 9.17) is 23.2 Å². The largest absolute Gasteiger partial charge is 0.301 e. The molecule has 4 rings (SSSR count). The molecule has 27 heavy (non-hydrogen) atoms. The minimum Gasteiger partial charge on any atom is -0.301 e. The van der Waals surface area contributed by atoms with Crippen molar-refractivity contribution in [1.29, 1.82) is 0 Å². The Morgan fingerprint density at radius 3 is 2.63 bits per heavy atom. The number of hydrogen-bond acceptors (Lipinski definition) is 4. The molecular formula is C20H14Cl2N2OS2. The van der Waals surface area contributed by atoms with E-state index in [2.05, 4.69) is 9.97 Å². The smallest absolute Gasteiger partial charge is 0.260 e. The Morgan fingerprint density at radius 2 is 1.89 bits per heavy atom. The van der Waals surface area contributed by atoms with Gasteiger partial charge in [0.1, 0.15) is 4.83 Å². The molecule has 1 N–H and O–H groups in total. The monoisotopic (exact) mass is 432 g/mol. The van der Waals surface area contributed by atoms with E-state index >= 15 is 0 Å². The third-order valence-corrected chi connectivity index (χ3v) is 6.82. The van der Waals surface area contributed by atoms with Gasteiger partial charge in [-0.1, -0.05) is 71.4 Å². The molecule has 0 saturated carbocycles. The number of hydrogen-bond donors (Lipinski definition) is 1. The standard InChI is InChI=1S/C20H14Cl2N2OS2/c1-11-16(13-5-3-2-4-6-13)17-18(25)23-20(24-19(17)27-11)26-10-12-7-8-14(21)15(22)9-12/h2-9H,10H2,1H3,(H,23,24,25). The van der Waals surface area contributed by atoms with Gasteiger partial charge in [-0.15, -0.1) is 11.3 Å². The molecule has 4 aromatic rings. The lowest BCUT2D eigenvalue weighted by Crippen LogP contribution is -2.08. The minimum absolute atomic E-state index is 0.111. The first-order valence-electron chi connectivity index (χ1n) is 8.18. The van der Waals surface area contributed by atoms with Crippen molar-refractivity contribution in [1.82, 2.24) is 9.97 Å². The zero-order valence-corrected chi connectivity index (χ0v) is 17.4. The molecule has 0 saturated heterocycles. The Morgan fingerprint density at radius 1 is 1.11 bits per heavy atom. The Balaban J connectivity index is 1.68. The fraction of sp³-hybridized carbons (Fsp3) is 0.100. The lowest BCUT2D eigenvalue weighted by Gasteiger charge is -2.04. The molecule has 2 aromatic heterocycles. The van der Waals surface area contributed by atoms with Gasteiger partial charge in [-0.3, -0.25) is 4.79 Å². The maximum Gasteiger partial charge on any atom is 0.260 e. The van der Waals surface area contributed by atoms with Crippen molar-refractivity contribution in [3.63, 3.8) is 0 Å². The predicted molar refractivity (Wildman–Crippen MR) is 116 cm³/mol. The first-order valence-corrected chi connectivity index (χ1v) is 10.7. The first-order chi connectivity index (χ1) is 13.0. The summed E-state index contributed by atoms with van der Waals surface area (Å²) < 4.78 is 0. The van der Waals surface area contributed by atoms with Crippen molar-refractivity contribution in [3.8, 4) is 11.1 Å². The van der Waals surface area contributed by atoms with Crippen molar-refractivity contribution >= 4 is 56.5 Å². The fourth-order valence-electron chi connectivity index (χ4n) is 2.90. The molecule has 0 unspecified atom stereocenters. The van der Waals surface area contributed by atoms with Crippen LogP contribution in [0.15, 0.2) is 58.5 Å². The fourth-order valence-corrected chi connectivity index (χ4v) is 5.13. The number of thiophene rings is 1. The van der Waals surface area contributed by atoms with Gasteiger partial charge >= 0.3 is 0 Å². The van der Waals surface area contributed by atoms with E-state index in [9.17, 15) is 4.79 Å². The average Bonchev–Trinajstić information content (AvgIpc) is 3.00. The quantitative estimate of drug-likeness (QED) is 0.293. The molecule has 2 aromatic carbocycles. The van der Waals surface area contributed by atoms with Crippen LogP contribution < -0.4 is 5.56 Å². The Kier molecular flexibility index (Phi) is 5.28. The molecule has 0 amide bonds. The van der Waals surface area contributed by atoms with Gasteiger partial charge in [0.05, 0.1) is 15.4 Å². The van der Waals surface area contributed by atoms with E-state index in [1.807, 2.05) is 49.4 Å². The Bertz CT molecular complexity index is 1190. The first kappa shape index (κ1) is 18.6. The van der Waals surface area contributed by atoms with Crippen molar-refractivity contribution in [2.24, 2.45) is 0 Å². The molecule has 0 bridgehead atoms. The lowest BCUT2D eigenvalue weighted by atomic mass is 10.0. The Hall–Kier alpha value is -1.79. The number of nitrogens with zero attached hydrogens (tertiary/aromatic N) is 1. The van der Waals surface area contributed by atoms with E-state index in [0.29, 0.717) is 26.3 Å². The zero-order chi connectivity index (χ0) is 19.0. The average molecular weight is 433 g/mol. The van der Waals surface area contributed by atoms with Gasteiger partial charge in [-0.2, -0.15) is 0 Å². The molecule has 0 spiro atoms. The second-order valence-electron chi connectivity index (χ2n) is 5.99. The highest BCUT2D eigenvalue weighted by Crippen LogP contribution is 2.36. The summed E-state index contributed by atoms with van der Waals surface area (Å²) in [6, 6.07) is 15.5. The van der Waals surface area contributed by atoms with Crippen LogP contribution in [0, 0.1) is 6.92 Å². The van der Waals surface area contributed by atoms with Crippen LogP contribution in [0.5, 0.6) is 0 Å². The minimum atomic E-state index is -0.111. The zero-order valence-electron chi connectivity index (χ0n) is 14.3. The van der Waals surface area contributed by atoms with E-state index < -0.39 is 0 Å². The molecule has 136 valence electrons. The van der Waals surface area contributed by atoms with Gasteiger partial charge in [0, 0.05) is 16.2 Å². The summed E-state index contributed by atoms with van der Waals surface area (Å²) in [5.41, 5.74) is 2.90. The molecule has 0 aliphatic carbocycles. The normalized spacial score (nSPS) is 11.2. The number of H-pyrrole nitrogens is 1. The van der Waals surface area contributed by atoms with E-state index in [0.717, 1.165) is 26.4 Å². The molecule has 7 heteroatoms. The molecule has 0 atom stereocenters. The Labute approximate surface area is 174 Å². The van der Waals surface area contributed by atoms with Crippen LogP contribution in [-0.4, -0.2) is 9.97 Å². The van der Waals surface area contributed by atoms with Crippen LogP contribution in [-0.2, 0) is 5.75 Å². The molecule has 0 radical (unpaired) electrons. The van der Waals surface area contributed by atoms with Crippen molar-refractivity contribution < 1.29 is 0 Å². The maximum atomic E-state index is 12.8. The summed E-state index contributed by atoms with van der Waals surface area (Å²) in [4.78, 5) is 22.2. The highest BCUT2D eigenvalue weighted by molar-refractivity contribution is 7.98. The SMILES string of the molecule is Cc1sc2nc(SCc3ccc(Cl)c(Cl)c3)[nH]c(=O)c2c1-c1ccccc1. The van der Waals surface area contributed by atoms with Crippen molar-refractivity contribution in [2.45, 2.75) is 17.8 Å². The van der Waals surface area contributed by atoms with Crippen LogP contribution in [0.2, 0.25) is 10.0 Å². The number of benzene rings is 2. The summed E-state index contributed by atoms with van der Waals surface area (Å²) in [5.74, 6) is 0.640. The van der Waals surface area contributed by atoms with Gasteiger partial charge in [0.15, 0.2) is 5.16 Å². The second kappa shape index (κ2) is 7.68. The predicted octanol–water partition coefficient (Wildman–Crippen LogP) is 6.56. The van der Waals surface area contributed by atoms with Crippen molar-refractivity contribution in [3.05, 3.63) is 79.4 Å². The third-order valence-electron chi connectivity index (χ3n) is 4.14. The van der Waals surface area contributed by atoms with E-state index in [-0.39, 0.29) is 5.56 Å². The number of fused-ring (bicyclic) bond motifs is 1. The molecule has 0 aliphatic rings. The second-order valence-corrected chi connectivity index (χ2v) is 8.97. The number of halogens is 2. The van der Waals surface area contributed by atoms with Gasteiger partial charge in [-0.05, 0) is 30.2 Å². The number of rotatable bonds is 4. The molecule has 2 heterocycles. The van der Waals surface area contributed by atoms with Crippen LogP contribution in [0.3, 0.4) is 0 Å². The number of aromatic amines is 1. The number of thioether (sulfide) groups is 1. The highest BCUT2D eigenvalue weighted by Gasteiger charge is 2.16. The topological polar surface area (TPSA) is 45.8 Å². The third kappa shape index (κ3) is 3.78. The van der Waals surface area contributed by atoms with Gasteiger partial charge in [0.2, 0.25) is 0 Å². The van der Waals surface area contributed by atoms with Gasteiger partial charge < -0.3 is 4.98 Å². The molecule has 0 aliphatic heterocycles. The maximum absolute atomic E-state index is 12.8. The van der Waals surface area contributed by atoms with E-state index in [1.54, 1.807) is 17.4 Å². The van der Waals surface area contributed by atoms with Crippen LogP contribution in [0.4, 0.5) is 0 Å². The van der Waals surface area contributed by atoms with Crippen molar-refractivity contribution in [2.75, 3.05) is 0 Å². The van der Waals surface area contributed by atoms with E-state index in [1.165, 1.54) is 11.8 Å². The number of nitrogens with one attached hydrogen (secondary N) is 1. The number of aromatic nitrogens is 2. The molecular weight excluding hydrogens is 419 g/mol. The molecule has 0 fully saturated rings. The summed E-state index contributed by atoms with van der Waals surface area (Å²) in [6.07, 6.45) is 0. The highest BCUT2D eigenvalue weighted by atomic mass is 35.5. The summed E-state index contributed by atoms with van der Waals surface area (Å²) in [7, 11) is 0. The molecule has 3 nitrogen and oxygen atoms in total. The van der Waals surface area contributed by atoms with Crippen LogP contribution >= 0.6 is 46.3 Å². The summed E-state index contributed by atoms with van der Waals surface area (Å²) in [5, 5.41) is 2.30. The van der Waals surface area contributed by atoms with Gasteiger partial charge in [-0.25, -0.2) is 4.98 Å². The van der Waals surface area contributed by atoms with Crippen LogP contribution in [0.1, 0.15) is 10.4 Å². The number of aryl methyl sites for hydroxylation is 1.